The molecule has 0 unspecified atom stereocenters. The van der Waals surface area contributed by atoms with E-state index in [9.17, 15) is 14.7 Å². The second kappa shape index (κ2) is 6.93. The smallest absolute Gasteiger partial charge is 0.348 e. The summed E-state index contributed by atoms with van der Waals surface area (Å²) < 4.78 is 5.09. The van der Waals surface area contributed by atoms with Crippen molar-refractivity contribution in [2.24, 2.45) is 0 Å². The van der Waals surface area contributed by atoms with Crippen LogP contribution < -0.4 is 5.32 Å². The van der Waals surface area contributed by atoms with Crippen molar-refractivity contribution < 1.29 is 19.4 Å². The predicted molar refractivity (Wildman–Crippen MR) is 82.7 cm³/mol. The van der Waals surface area contributed by atoms with E-state index in [1.54, 1.807) is 24.3 Å². The highest BCUT2D eigenvalue weighted by Gasteiger charge is 2.33. The number of hydrogen-bond acceptors (Lipinski definition) is 4. The van der Waals surface area contributed by atoms with E-state index in [4.69, 9.17) is 4.74 Å². The lowest BCUT2D eigenvalue weighted by atomic mass is 10.0. The third-order valence-electron chi connectivity index (χ3n) is 3.41. The number of aliphatic hydroxyl groups is 1. The summed E-state index contributed by atoms with van der Waals surface area (Å²) in [4.78, 5) is 24.0. The maximum atomic E-state index is 12.0. The molecule has 1 aliphatic rings. The van der Waals surface area contributed by atoms with Crippen molar-refractivity contribution >= 4 is 17.4 Å². The van der Waals surface area contributed by atoms with Gasteiger partial charge in [0, 0.05) is 6.54 Å². The fraction of sp³-hybridized carbons (Fsp3) is 0.294. The average molecular weight is 301 g/mol. The Balaban J connectivity index is 2.29. The monoisotopic (exact) mass is 301 g/mol. The minimum atomic E-state index is -0.653. The van der Waals surface area contributed by atoms with Gasteiger partial charge < -0.3 is 15.2 Å². The molecule has 0 spiro atoms. The number of esters is 1. The summed E-state index contributed by atoms with van der Waals surface area (Å²) in [5.74, 6) is -1.37. The number of cyclic esters (lactones) is 1. The largest absolute Gasteiger partial charge is 0.504 e. The number of unbranched alkanes of at least 4 members (excludes halogenated alkanes) is 1. The SMILES string of the molecule is CCCCNC(=O)/C(C)=C1/OC(=O)C(c2ccccc2)=C1O. The Kier molecular flexibility index (Phi) is 4.99. The van der Waals surface area contributed by atoms with Crippen LogP contribution in [0.3, 0.4) is 0 Å². The van der Waals surface area contributed by atoms with Crippen LogP contribution in [0, 0.1) is 0 Å². The average Bonchev–Trinajstić information content (AvgIpc) is 2.82. The molecule has 0 bridgehead atoms. The first-order chi connectivity index (χ1) is 10.6. The number of ether oxygens (including phenoxy) is 1. The molecule has 0 atom stereocenters. The number of amides is 1. The second-order valence-corrected chi connectivity index (χ2v) is 5.04. The Labute approximate surface area is 129 Å². The fourth-order valence-electron chi connectivity index (χ4n) is 2.13. The summed E-state index contributed by atoms with van der Waals surface area (Å²) in [7, 11) is 0. The number of nitrogens with one attached hydrogen (secondary N) is 1. The first kappa shape index (κ1) is 15.8. The van der Waals surface area contributed by atoms with Gasteiger partial charge in [-0.15, -0.1) is 0 Å². The molecule has 5 heteroatoms. The van der Waals surface area contributed by atoms with E-state index in [0.717, 1.165) is 12.8 Å². The highest BCUT2D eigenvalue weighted by Crippen LogP contribution is 2.33. The molecule has 0 saturated heterocycles. The Morgan fingerprint density at radius 2 is 1.95 bits per heavy atom. The zero-order valence-electron chi connectivity index (χ0n) is 12.7. The molecule has 0 fully saturated rings. The Hall–Kier alpha value is -2.56. The van der Waals surface area contributed by atoms with E-state index in [-0.39, 0.29) is 28.6 Å². The van der Waals surface area contributed by atoms with Crippen LogP contribution in [0.1, 0.15) is 32.3 Å². The molecule has 2 rings (SSSR count). The van der Waals surface area contributed by atoms with E-state index >= 15 is 0 Å². The van der Waals surface area contributed by atoms with Gasteiger partial charge in [0.25, 0.3) is 5.91 Å². The molecule has 0 saturated carbocycles. The van der Waals surface area contributed by atoms with Crippen LogP contribution in [0.5, 0.6) is 0 Å². The topological polar surface area (TPSA) is 75.6 Å². The van der Waals surface area contributed by atoms with Crippen molar-refractivity contribution in [3.63, 3.8) is 0 Å². The molecule has 0 aliphatic carbocycles. The molecule has 1 heterocycles. The Morgan fingerprint density at radius 1 is 1.27 bits per heavy atom. The summed E-state index contributed by atoms with van der Waals surface area (Å²) >= 11 is 0. The van der Waals surface area contributed by atoms with E-state index in [1.807, 2.05) is 13.0 Å². The maximum Gasteiger partial charge on any atom is 0.348 e. The maximum absolute atomic E-state index is 12.0. The van der Waals surface area contributed by atoms with Gasteiger partial charge in [-0.3, -0.25) is 4.79 Å². The Bertz CT molecular complexity index is 644. The van der Waals surface area contributed by atoms with Crippen LogP contribution in [0.2, 0.25) is 0 Å². The number of hydrogen-bond donors (Lipinski definition) is 2. The van der Waals surface area contributed by atoms with Gasteiger partial charge in [-0.05, 0) is 18.9 Å². The molecular weight excluding hydrogens is 282 g/mol. The third kappa shape index (κ3) is 3.19. The van der Waals surface area contributed by atoms with E-state index in [0.29, 0.717) is 12.1 Å². The van der Waals surface area contributed by atoms with Gasteiger partial charge in [0.1, 0.15) is 5.57 Å². The van der Waals surface area contributed by atoms with Crippen molar-refractivity contribution in [1.82, 2.24) is 5.32 Å². The number of rotatable bonds is 5. The normalized spacial score (nSPS) is 16.5. The van der Waals surface area contributed by atoms with Gasteiger partial charge in [0.2, 0.25) is 0 Å². The number of aliphatic hydroxyl groups excluding tert-OH is 1. The molecule has 22 heavy (non-hydrogen) atoms. The Morgan fingerprint density at radius 3 is 2.59 bits per heavy atom. The quantitative estimate of drug-likeness (QED) is 0.498. The van der Waals surface area contributed by atoms with Crippen molar-refractivity contribution in [2.75, 3.05) is 6.54 Å². The van der Waals surface area contributed by atoms with Crippen LogP contribution in [-0.4, -0.2) is 23.5 Å². The van der Waals surface area contributed by atoms with Crippen molar-refractivity contribution in [2.45, 2.75) is 26.7 Å². The highest BCUT2D eigenvalue weighted by molar-refractivity contribution is 6.21. The lowest BCUT2D eigenvalue weighted by molar-refractivity contribution is -0.131. The zero-order chi connectivity index (χ0) is 16.1. The summed E-state index contributed by atoms with van der Waals surface area (Å²) in [6.45, 7) is 4.09. The summed E-state index contributed by atoms with van der Waals surface area (Å²) in [5, 5.41) is 13.0. The van der Waals surface area contributed by atoms with Crippen molar-refractivity contribution in [3.05, 3.63) is 53.0 Å². The van der Waals surface area contributed by atoms with Crippen LogP contribution in [0.25, 0.3) is 5.57 Å². The molecule has 1 aromatic carbocycles. The number of benzene rings is 1. The first-order valence-electron chi connectivity index (χ1n) is 7.26. The minimum Gasteiger partial charge on any atom is -0.504 e. The van der Waals surface area contributed by atoms with E-state index in [2.05, 4.69) is 5.32 Å². The summed E-state index contributed by atoms with van der Waals surface area (Å²) in [6, 6.07) is 8.73. The lowest BCUT2D eigenvalue weighted by Gasteiger charge is -2.07. The lowest BCUT2D eigenvalue weighted by Crippen LogP contribution is -2.26. The van der Waals surface area contributed by atoms with Crippen LogP contribution in [0.15, 0.2) is 47.4 Å². The molecule has 1 amide bonds. The van der Waals surface area contributed by atoms with Gasteiger partial charge in [0.15, 0.2) is 11.5 Å². The molecule has 116 valence electrons. The predicted octanol–water partition coefficient (Wildman–Crippen LogP) is 2.70. The summed E-state index contributed by atoms with van der Waals surface area (Å²) in [5.41, 5.74) is 0.823. The molecular formula is C17H19NO4. The van der Waals surface area contributed by atoms with Gasteiger partial charge in [-0.1, -0.05) is 43.7 Å². The highest BCUT2D eigenvalue weighted by atomic mass is 16.6. The van der Waals surface area contributed by atoms with Crippen LogP contribution in [0.4, 0.5) is 0 Å². The van der Waals surface area contributed by atoms with Crippen LogP contribution >= 0.6 is 0 Å². The number of carbonyl (C=O) groups excluding carboxylic acids is 2. The first-order valence-corrected chi connectivity index (χ1v) is 7.26. The fourth-order valence-corrected chi connectivity index (χ4v) is 2.13. The van der Waals surface area contributed by atoms with E-state index < -0.39 is 5.97 Å². The van der Waals surface area contributed by atoms with Gasteiger partial charge in [-0.2, -0.15) is 0 Å². The summed E-state index contributed by atoms with van der Waals surface area (Å²) in [6.07, 6.45) is 1.83. The second-order valence-electron chi connectivity index (χ2n) is 5.04. The van der Waals surface area contributed by atoms with E-state index in [1.165, 1.54) is 6.92 Å². The molecule has 0 aromatic heterocycles. The zero-order valence-corrected chi connectivity index (χ0v) is 12.7. The molecule has 1 aliphatic heterocycles. The molecule has 1 aromatic rings. The van der Waals surface area contributed by atoms with Gasteiger partial charge in [0.05, 0.1) is 5.57 Å². The number of carbonyl (C=O) groups is 2. The van der Waals surface area contributed by atoms with Gasteiger partial charge >= 0.3 is 5.97 Å². The molecule has 5 nitrogen and oxygen atoms in total. The van der Waals surface area contributed by atoms with Crippen molar-refractivity contribution in [3.8, 4) is 0 Å². The van der Waals surface area contributed by atoms with Crippen LogP contribution in [-0.2, 0) is 14.3 Å². The molecule has 0 radical (unpaired) electrons. The standard InChI is InChI=1S/C17H19NO4/c1-3-4-10-18-16(20)11(2)15-14(19)13(17(21)22-15)12-8-6-5-7-9-12/h5-9,19H,3-4,10H2,1-2H3,(H,18,20)/b15-11+. The van der Waals surface area contributed by atoms with Gasteiger partial charge in [-0.25, -0.2) is 4.79 Å². The molecule has 2 N–H and O–H groups in total. The third-order valence-corrected chi connectivity index (χ3v) is 3.41. The van der Waals surface area contributed by atoms with Crippen molar-refractivity contribution in [1.29, 1.82) is 0 Å². The minimum absolute atomic E-state index is 0.0714.